The van der Waals surface area contributed by atoms with Gasteiger partial charge in [0.15, 0.2) is 0 Å². The van der Waals surface area contributed by atoms with E-state index in [2.05, 4.69) is 20.1 Å². The van der Waals surface area contributed by atoms with Crippen LogP contribution in [0, 0.1) is 6.92 Å². The summed E-state index contributed by atoms with van der Waals surface area (Å²) in [6.07, 6.45) is 0. The summed E-state index contributed by atoms with van der Waals surface area (Å²) in [6, 6.07) is 24.0. The van der Waals surface area contributed by atoms with Gasteiger partial charge in [0.05, 0.1) is 11.0 Å². The van der Waals surface area contributed by atoms with Crippen LogP contribution in [-0.2, 0) is 0 Å². The van der Waals surface area contributed by atoms with E-state index in [0.29, 0.717) is 11.7 Å². The average Bonchev–Trinajstić information content (AvgIpc) is 3.36. The quantitative estimate of drug-likeness (QED) is 0.481. The van der Waals surface area contributed by atoms with Gasteiger partial charge in [0.25, 0.3) is 5.89 Å². The highest BCUT2D eigenvalue weighted by molar-refractivity contribution is 5.79. The smallest absolute Gasteiger partial charge is 0.258 e. The van der Waals surface area contributed by atoms with Gasteiger partial charge in [-0.3, -0.25) is 0 Å². The van der Waals surface area contributed by atoms with Crippen molar-refractivity contribution in [3.05, 3.63) is 78.4 Å². The highest BCUT2D eigenvalue weighted by atomic mass is 16.5. The van der Waals surface area contributed by atoms with Crippen LogP contribution in [0.2, 0.25) is 0 Å². The Morgan fingerprint density at radius 1 is 0.741 bits per heavy atom. The molecular formula is C22H16N4O. The molecule has 0 bridgehead atoms. The Morgan fingerprint density at radius 3 is 2.22 bits per heavy atom. The Morgan fingerprint density at radius 2 is 1.44 bits per heavy atom. The third-order valence-corrected chi connectivity index (χ3v) is 4.53. The van der Waals surface area contributed by atoms with Crippen LogP contribution in [0.5, 0.6) is 0 Å². The van der Waals surface area contributed by atoms with Crippen LogP contribution in [0.4, 0.5) is 0 Å². The largest absolute Gasteiger partial charge is 0.338 e. The lowest BCUT2D eigenvalue weighted by molar-refractivity contribution is 0.432. The lowest BCUT2D eigenvalue weighted by Crippen LogP contribution is -1.84. The molecule has 0 atom stereocenters. The minimum absolute atomic E-state index is 0.520. The van der Waals surface area contributed by atoms with E-state index in [1.165, 1.54) is 5.56 Å². The first kappa shape index (κ1) is 15.5. The number of H-pyrrole nitrogens is 1. The fraction of sp³-hybridized carbons (Fsp3) is 0.0455. The van der Waals surface area contributed by atoms with Crippen LogP contribution in [0.1, 0.15) is 5.56 Å². The molecule has 2 aromatic heterocycles. The minimum atomic E-state index is 0.520. The van der Waals surface area contributed by atoms with E-state index in [0.717, 1.165) is 33.5 Å². The molecule has 0 aliphatic heterocycles. The van der Waals surface area contributed by atoms with Crippen LogP contribution in [0.25, 0.3) is 45.3 Å². The number of aryl methyl sites for hydroxylation is 1. The van der Waals surface area contributed by atoms with Crippen molar-refractivity contribution in [2.75, 3.05) is 0 Å². The summed E-state index contributed by atoms with van der Waals surface area (Å²) in [6.45, 7) is 2.05. The highest BCUT2D eigenvalue weighted by Crippen LogP contribution is 2.25. The number of aromatic amines is 1. The number of nitrogens with one attached hydrogen (secondary N) is 1. The number of fused-ring (bicyclic) bond motifs is 1. The van der Waals surface area contributed by atoms with E-state index in [4.69, 9.17) is 4.52 Å². The van der Waals surface area contributed by atoms with Crippen molar-refractivity contribution in [2.45, 2.75) is 6.92 Å². The summed E-state index contributed by atoms with van der Waals surface area (Å²) in [7, 11) is 0. The molecule has 0 saturated heterocycles. The van der Waals surface area contributed by atoms with Crippen molar-refractivity contribution in [3.63, 3.8) is 0 Å². The van der Waals surface area contributed by atoms with Crippen molar-refractivity contribution < 1.29 is 4.52 Å². The Kier molecular flexibility index (Phi) is 3.57. The van der Waals surface area contributed by atoms with E-state index in [1.54, 1.807) is 0 Å². The average molecular weight is 352 g/mol. The Hall–Kier alpha value is -3.73. The van der Waals surface area contributed by atoms with Gasteiger partial charge in [-0.15, -0.1) is 0 Å². The van der Waals surface area contributed by atoms with Crippen molar-refractivity contribution >= 4 is 11.0 Å². The van der Waals surface area contributed by atoms with E-state index in [-0.39, 0.29) is 0 Å². The number of rotatable bonds is 3. The van der Waals surface area contributed by atoms with E-state index in [9.17, 15) is 0 Å². The first-order valence-corrected chi connectivity index (χ1v) is 8.72. The number of para-hydroxylation sites is 2. The van der Waals surface area contributed by atoms with Gasteiger partial charge in [0, 0.05) is 16.7 Å². The molecule has 3 aromatic carbocycles. The fourth-order valence-electron chi connectivity index (χ4n) is 3.02. The second-order valence-electron chi connectivity index (χ2n) is 6.47. The molecule has 2 heterocycles. The molecule has 27 heavy (non-hydrogen) atoms. The van der Waals surface area contributed by atoms with Crippen molar-refractivity contribution in [3.8, 4) is 34.2 Å². The molecule has 0 saturated carbocycles. The lowest BCUT2D eigenvalue weighted by atomic mass is 10.1. The number of benzene rings is 3. The maximum absolute atomic E-state index is 5.42. The molecule has 130 valence electrons. The van der Waals surface area contributed by atoms with Gasteiger partial charge in [0.1, 0.15) is 5.82 Å². The molecular weight excluding hydrogens is 336 g/mol. The second-order valence-corrected chi connectivity index (χ2v) is 6.47. The number of imidazole rings is 1. The molecule has 5 heteroatoms. The van der Waals surface area contributed by atoms with Gasteiger partial charge in [0.2, 0.25) is 5.82 Å². The van der Waals surface area contributed by atoms with Gasteiger partial charge in [-0.05, 0) is 31.2 Å². The Labute approximate surface area is 155 Å². The predicted molar refractivity (Wildman–Crippen MR) is 105 cm³/mol. The van der Waals surface area contributed by atoms with Crippen LogP contribution in [0.3, 0.4) is 0 Å². The van der Waals surface area contributed by atoms with Gasteiger partial charge in [-0.1, -0.05) is 59.3 Å². The van der Waals surface area contributed by atoms with E-state index in [1.807, 2.05) is 79.7 Å². The van der Waals surface area contributed by atoms with Gasteiger partial charge >= 0.3 is 0 Å². The molecule has 0 spiro atoms. The first-order valence-electron chi connectivity index (χ1n) is 8.72. The van der Waals surface area contributed by atoms with Crippen LogP contribution in [0.15, 0.2) is 77.3 Å². The summed E-state index contributed by atoms with van der Waals surface area (Å²) >= 11 is 0. The third-order valence-electron chi connectivity index (χ3n) is 4.53. The zero-order valence-corrected chi connectivity index (χ0v) is 14.7. The number of nitrogens with zero attached hydrogens (tertiary/aromatic N) is 3. The summed E-state index contributed by atoms with van der Waals surface area (Å²) in [4.78, 5) is 12.5. The Bertz CT molecular complexity index is 1180. The Balaban J connectivity index is 1.44. The number of hydrogen-bond acceptors (Lipinski definition) is 4. The summed E-state index contributed by atoms with van der Waals surface area (Å²) in [5.74, 6) is 1.93. The topological polar surface area (TPSA) is 67.6 Å². The molecule has 5 nitrogen and oxygen atoms in total. The van der Waals surface area contributed by atoms with E-state index < -0.39 is 0 Å². The fourth-order valence-corrected chi connectivity index (χ4v) is 3.02. The molecule has 0 aliphatic carbocycles. The second kappa shape index (κ2) is 6.21. The molecule has 0 aliphatic rings. The predicted octanol–water partition coefficient (Wildman–Crippen LogP) is 5.26. The standard InChI is InChI=1S/C22H16N4O/c1-14-6-8-17(9-7-14)22-25-21(26-27-22)16-12-10-15(11-13-16)20-23-18-4-2-3-5-19(18)24-20/h2-13H,1H3,(H,23,24). The molecule has 5 aromatic rings. The third kappa shape index (κ3) is 2.89. The van der Waals surface area contributed by atoms with Crippen LogP contribution < -0.4 is 0 Å². The summed E-state index contributed by atoms with van der Waals surface area (Å²) in [5, 5.41) is 4.11. The molecule has 1 N–H and O–H groups in total. The molecule has 5 rings (SSSR count). The van der Waals surface area contributed by atoms with Gasteiger partial charge in [-0.2, -0.15) is 4.98 Å². The van der Waals surface area contributed by atoms with Crippen molar-refractivity contribution in [1.82, 2.24) is 20.1 Å². The monoisotopic (exact) mass is 352 g/mol. The first-order chi connectivity index (χ1) is 13.3. The highest BCUT2D eigenvalue weighted by Gasteiger charge is 2.11. The van der Waals surface area contributed by atoms with Gasteiger partial charge in [-0.25, -0.2) is 4.98 Å². The lowest BCUT2D eigenvalue weighted by Gasteiger charge is -1.98. The molecule has 0 amide bonds. The molecule has 0 fully saturated rings. The summed E-state index contributed by atoms with van der Waals surface area (Å²) < 4.78 is 5.42. The molecule has 0 unspecified atom stereocenters. The maximum atomic E-state index is 5.42. The number of hydrogen-bond donors (Lipinski definition) is 1. The maximum Gasteiger partial charge on any atom is 0.258 e. The number of aromatic nitrogens is 4. The van der Waals surface area contributed by atoms with Crippen molar-refractivity contribution in [1.29, 1.82) is 0 Å². The zero-order valence-electron chi connectivity index (χ0n) is 14.7. The normalized spacial score (nSPS) is 11.1. The summed E-state index contributed by atoms with van der Waals surface area (Å²) in [5.41, 5.74) is 6.00. The SMILES string of the molecule is Cc1ccc(-c2nc(-c3ccc(-c4nc5ccccc5[nH]4)cc3)no2)cc1. The minimum Gasteiger partial charge on any atom is -0.338 e. The zero-order chi connectivity index (χ0) is 18.2. The van der Waals surface area contributed by atoms with E-state index >= 15 is 0 Å². The van der Waals surface area contributed by atoms with Crippen LogP contribution in [-0.4, -0.2) is 20.1 Å². The van der Waals surface area contributed by atoms with Gasteiger partial charge < -0.3 is 9.51 Å². The van der Waals surface area contributed by atoms with Crippen LogP contribution >= 0.6 is 0 Å². The van der Waals surface area contributed by atoms with Crippen molar-refractivity contribution in [2.24, 2.45) is 0 Å². The molecule has 0 radical (unpaired) electrons.